The maximum absolute atomic E-state index is 11.9. The van der Waals surface area contributed by atoms with Gasteiger partial charge in [0, 0.05) is 17.0 Å². The number of carbonyl (C=O) groups excluding carboxylic acids is 1. The third kappa shape index (κ3) is 5.71. The molecule has 0 heterocycles. The van der Waals surface area contributed by atoms with Gasteiger partial charge in [-0.3, -0.25) is 4.79 Å². The number of aliphatic carboxylic acids is 1. The minimum atomic E-state index is -1.06. The molecular formula is C18H16BrNO3. The molecule has 0 saturated carbocycles. The third-order valence-corrected chi connectivity index (χ3v) is 3.67. The van der Waals surface area contributed by atoms with Gasteiger partial charge < -0.3 is 10.4 Å². The van der Waals surface area contributed by atoms with Crippen LogP contribution in [0.4, 0.5) is 0 Å². The van der Waals surface area contributed by atoms with Crippen LogP contribution in [0.25, 0.3) is 6.08 Å². The maximum atomic E-state index is 11.9. The number of amides is 1. The topological polar surface area (TPSA) is 66.4 Å². The molecule has 0 aromatic heterocycles. The number of carboxylic acid groups (broad SMARTS) is 1. The molecule has 0 spiro atoms. The van der Waals surface area contributed by atoms with E-state index in [-0.39, 0.29) is 6.42 Å². The van der Waals surface area contributed by atoms with Crippen LogP contribution in [0.2, 0.25) is 0 Å². The van der Waals surface area contributed by atoms with Gasteiger partial charge in [0.2, 0.25) is 5.91 Å². The summed E-state index contributed by atoms with van der Waals surface area (Å²) in [5.41, 5.74) is 1.71. The van der Waals surface area contributed by atoms with E-state index in [0.29, 0.717) is 0 Å². The number of rotatable bonds is 6. The van der Waals surface area contributed by atoms with E-state index in [0.717, 1.165) is 15.6 Å². The Balaban J connectivity index is 1.99. The van der Waals surface area contributed by atoms with Crippen LogP contribution in [-0.2, 0) is 16.0 Å². The Kier molecular flexibility index (Phi) is 6.11. The first-order valence-electron chi connectivity index (χ1n) is 7.05. The molecule has 0 fully saturated rings. The monoisotopic (exact) mass is 373 g/mol. The van der Waals surface area contributed by atoms with Gasteiger partial charge >= 0.3 is 5.97 Å². The average Bonchev–Trinajstić information content (AvgIpc) is 2.53. The van der Waals surface area contributed by atoms with E-state index < -0.39 is 17.9 Å². The second-order valence-electron chi connectivity index (χ2n) is 4.98. The van der Waals surface area contributed by atoms with Gasteiger partial charge in [0.05, 0.1) is 0 Å². The molecular weight excluding hydrogens is 358 g/mol. The Labute approximate surface area is 143 Å². The van der Waals surface area contributed by atoms with Crippen LogP contribution >= 0.6 is 15.9 Å². The summed E-state index contributed by atoms with van der Waals surface area (Å²) in [5.74, 6) is -1.49. The number of hydrogen-bond acceptors (Lipinski definition) is 2. The van der Waals surface area contributed by atoms with Gasteiger partial charge in [-0.25, -0.2) is 4.79 Å². The molecule has 2 aromatic carbocycles. The molecule has 0 radical (unpaired) electrons. The lowest BCUT2D eigenvalue weighted by atomic mass is 10.1. The Morgan fingerprint density at radius 3 is 2.52 bits per heavy atom. The van der Waals surface area contributed by atoms with Crippen LogP contribution in [0.1, 0.15) is 11.1 Å². The highest BCUT2D eigenvalue weighted by molar-refractivity contribution is 9.10. The van der Waals surface area contributed by atoms with Gasteiger partial charge in [0.25, 0.3) is 0 Å². The van der Waals surface area contributed by atoms with Gasteiger partial charge in [-0.15, -0.1) is 0 Å². The van der Waals surface area contributed by atoms with E-state index in [1.54, 1.807) is 6.08 Å². The number of nitrogens with one attached hydrogen (secondary N) is 1. The molecule has 1 amide bonds. The summed E-state index contributed by atoms with van der Waals surface area (Å²) in [6.07, 6.45) is 3.22. The summed E-state index contributed by atoms with van der Waals surface area (Å²) in [5, 5.41) is 11.8. The van der Waals surface area contributed by atoms with Gasteiger partial charge in [0.1, 0.15) is 6.04 Å². The van der Waals surface area contributed by atoms with E-state index in [1.165, 1.54) is 6.08 Å². The second kappa shape index (κ2) is 8.29. The van der Waals surface area contributed by atoms with Crippen molar-refractivity contribution < 1.29 is 14.7 Å². The molecule has 118 valence electrons. The minimum absolute atomic E-state index is 0.243. The molecule has 1 atom stereocenters. The molecule has 0 aliphatic heterocycles. The Bertz CT molecular complexity index is 713. The lowest BCUT2D eigenvalue weighted by molar-refractivity contribution is -0.141. The summed E-state index contributed by atoms with van der Waals surface area (Å²) in [7, 11) is 0. The fourth-order valence-electron chi connectivity index (χ4n) is 2.05. The van der Waals surface area contributed by atoms with Crippen molar-refractivity contribution in [3.63, 3.8) is 0 Å². The molecule has 2 aromatic rings. The van der Waals surface area contributed by atoms with Crippen molar-refractivity contribution in [1.29, 1.82) is 0 Å². The van der Waals surface area contributed by atoms with Crippen molar-refractivity contribution in [2.45, 2.75) is 12.5 Å². The summed E-state index contributed by atoms with van der Waals surface area (Å²) in [6.45, 7) is 0. The van der Waals surface area contributed by atoms with Crippen molar-refractivity contribution in [3.05, 3.63) is 76.3 Å². The van der Waals surface area contributed by atoms with Crippen LogP contribution in [-0.4, -0.2) is 23.0 Å². The summed E-state index contributed by atoms with van der Waals surface area (Å²) in [6, 6.07) is 15.7. The van der Waals surface area contributed by atoms with Crippen molar-refractivity contribution >= 4 is 33.9 Å². The number of halogens is 1. The highest BCUT2D eigenvalue weighted by Gasteiger charge is 2.19. The smallest absolute Gasteiger partial charge is 0.326 e. The highest BCUT2D eigenvalue weighted by Crippen LogP contribution is 2.12. The Hall–Kier alpha value is -2.40. The second-order valence-corrected chi connectivity index (χ2v) is 5.89. The van der Waals surface area contributed by atoms with Crippen LogP contribution in [0.15, 0.2) is 65.1 Å². The van der Waals surface area contributed by atoms with Crippen LogP contribution in [0, 0.1) is 0 Å². The lowest BCUT2D eigenvalue weighted by Crippen LogP contribution is -2.41. The summed E-state index contributed by atoms with van der Waals surface area (Å²) >= 11 is 3.35. The standard InChI is InChI=1S/C18H16BrNO3/c19-15-8-4-7-14(11-15)9-10-17(21)20-16(18(22)23)12-13-5-2-1-3-6-13/h1-11,16H,12H2,(H,20,21)(H,22,23)/b10-9+/t16-/m1/s1. The largest absolute Gasteiger partial charge is 0.480 e. The van der Waals surface area contributed by atoms with Gasteiger partial charge in [0.15, 0.2) is 0 Å². The number of benzene rings is 2. The first kappa shape index (κ1) is 17.0. The first-order chi connectivity index (χ1) is 11.0. The zero-order valence-electron chi connectivity index (χ0n) is 12.3. The molecule has 4 nitrogen and oxygen atoms in total. The van der Waals surface area contributed by atoms with E-state index in [1.807, 2.05) is 54.6 Å². The fraction of sp³-hybridized carbons (Fsp3) is 0.111. The van der Waals surface area contributed by atoms with E-state index in [4.69, 9.17) is 0 Å². The van der Waals surface area contributed by atoms with E-state index in [9.17, 15) is 14.7 Å². The maximum Gasteiger partial charge on any atom is 0.326 e. The molecule has 2 N–H and O–H groups in total. The SMILES string of the molecule is O=C(/C=C/c1cccc(Br)c1)N[C@H](Cc1ccccc1)C(=O)O. The number of hydrogen-bond donors (Lipinski definition) is 2. The van der Waals surface area contributed by atoms with Gasteiger partial charge in [-0.1, -0.05) is 58.4 Å². The first-order valence-corrected chi connectivity index (χ1v) is 7.85. The van der Waals surface area contributed by atoms with Crippen molar-refractivity contribution in [3.8, 4) is 0 Å². The number of carboxylic acids is 1. The molecule has 0 saturated heterocycles. The fourth-order valence-corrected chi connectivity index (χ4v) is 2.47. The van der Waals surface area contributed by atoms with Gasteiger partial charge in [-0.05, 0) is 29.3 Å². The lowest BCUT2D eigenvalue weighted by Gasteiger charge is -2.13. The zero-order chi connectivity index (χ0) is 16.7. The predicted octanol–water partition coefficient (Wildman–Crippen LogP) is 3.27. The summed E-state index contributed by atoms with van der Waals surface area (Å²) in [4.78, 5) is 23.2. The summed E-state index contributed by atoms with van der Waals surface area (Å²) < 4.78 is 0.910. The Morgan fingerprint density at radius 1 is 1.13 bits per heavy atom. The molecule has 0 unspecified atom stereocenters. The van der Waals surface area contributed by atoms with Gasteiger partial charge in [-0.2, -0.15) is 0 Å². The van der Waals surface area contributed by atoms with Crippen molar-refractivity contribution in [1.82, 2.24) is 5.32 Å². The van der Waals surface area contributed by atoms with Crippen molar-refractivity contribution in [2.24, 2.45) is 0 Å². The normalized spacial score (nSPS) is 12.0. The predicted molar refractivity (Wildman–Crippen MR) is 92.9 cm³/mol. The van der Waals surface area contributed by atoms with Crippen molar-refractivity contribution in [2.75, 3.05) is 0 Å². The molecule has 2 rings (SSSR count). The zero-order valence-corrected chi connectivity index (χ0v) is 13.9. The molecule has 0 aliphatic rings. The third-order valence-electron chi connectivity index (χ3n) is 3.17. The van der Waals surface area contributed by atoms with E-state index >= 15 is 0 Å². The van der Waals surface area contributed by atoms with Crippen LogP contribution in [0.3, 0.4) is 0 Å². The molecule has 5 heteroatoms. The molecule has 23 heavy (non-hydrogen) atoms. The molecule has 0 aliphatic carbocycles. The number of carbonyl (C=O) groups is 2. The van der Waals surface area contributed by atoms with Crippen LogP contribution in [0.5, 0.6) is 0 Å². The quantitative estimate of drug-likeness (QED) is 0.763. The van der Waals surface area contributed by atoms with E-state index in [2.05, 4.69) is 21.2 Å². The molecule has 0 bridgehead atoms. The highest BCUT2D eigenvalue weighted by atomic mass is 79.9. The minimum Gasteiger partial charge on any atom is -0.480 e. The average molecular weight is 374 g/mol. The van der Waals surface area contributed by atoms with Crippen LogP contribution < -0.4 is 5.32 Å². The Morgan fingerprint density at radius 2 is 1.87 bits per heavy atom.